The Morgan fingerprint density at radius 3 is 2.36 bits per heavy atom. The molecule has 4 aromatic rings. The van der Waals surface area contributed by atoms with Crippen LogP contribution in [0.3, 0.4) is 0 Å². The van der Waals surface area contributed by atoms with Crippen molar-refractivity contribution in [1.82, 2.24) is 0 Å². The van der Waals surface area contributed by atoms with Gasteiger partial charge in [-0.15, -0.1) is 0 Å². The molecular formula is C24H20NO3+. The van der Waals surface area contributed by atoms with Gasteiger partial charge in [-0.1, -0.05) is 49.4 Å². The van der Waals surface area contributed by atoms with Crippen LogP contribution in [-0.4, -0.2) is 5.78 Å². The second kappa shape index (κ2) is 7.61. The maximum Gasteiger partial charge on any atom is 0.336 e. The molecular weight excluding hydrogens is 350 g/mol. The van der Waals surface area contributed by atoms with Crippen LogP contribution in [0.15, 0.2) is 88.3 Å². The van der Waals surface area contributed by atoms with Crippen LogP contribution in [0.5, 0.6) is 0 Å². The van der Waals surface area contributed by atoms with Crippen LogP contribution < -0.4 is 10.2 Å². The number of ketones is 1. The van der Waals surface area contributed by atoms with Gasteiger partial charge in [-0.25, -0.2) is 9.36 Å². The molecule has 138 valence electrons. The Kier molecular flexibility index (Phi) is 4.85. The first-order chi connectivity index (χ1) is 13.6. The lowest BCUT2D eigenvalue weighted by Crippen LogP contribution is -2.34. The monoisotopic (exact) mass is 370 g/mol. The first-order valence-corrected chi connectivity index (χ1v) is 9.28. The average molecular weight is 370 g/mol. The van der Waals surface area contributed by atoms with Gasteiger partial charge in [0.05, 0.1) is 0 Å². The van der Waals surface area contributed by atoms with E-state index in [0.29, 0.717) is 23.3 Å². The molecule has 2 heterocycles. The predicted molar refractivity (Wildman–Crippen MR) is 107 cm³/mol. The molecule has 0 saturated carbocycles. The van der Waals surface area contributed by atoms with Crippen molar-refractivity contribution in [2.45, 2.75) is 19.9 Å². The van der Waals surface area contributed by atoms with Gasteiger partial charge in [-0.3, -0.25) is 4.79 Å². The smallest absolute Gasteiger partial charge is 0.336 e. The van der Waals surface area contributed by atoms with Crippen LogP contribution in [0, 0.1) is 0 Å². The highest BCUT2D eigenvalue weighted by Crippen LogP contribution is 2.19. The molecule has 4 nitrogen and oxygen atoms in total. The summed E-state index contributed by atoms with van der Waals surface area (Å²) in [6, 6.07) is 20.3. The fraction of sp³-hybridized carbons (Fsp3) is 0.125. The maximum atomic E-state index is 12.5. The Morgan fingerprint density at radius 2 is 1.64 bits per heavy atom. The van der Waals surface area contributed by atoms with E-state index in [1.807, 2.05) is 59.4 Å². The van der Waals surface area contributed by atoms with Crippen molar-refractivity contribution < 1.29 is 13.8 Å². The maximum absolute atomic E-state index is 12.5. The van der Waals surface area contributed by atoms with Crippen molar-refractivity contribution in [3.63, 3.8) is 0 Å². The molecule has 4 rings (SSSR count). The lowest BCUT2D eigenvalue weighted by molar-refractivity contribution is -0.688. The molecule has 0 saturated heterocycles. The van der Waals surface area contributed by atoms with Gasteiger partial charge in [0.15, 0.2) is 24.7 Å². The minimum absolute atomic E-state index is 0.00866. The number of pyridine rings is 1. The third-order valence-corrected chi connectivity index (χ3v) is 4.85. The van der Waals surface area contributed by atoms with Crippen molar-refractivity contribution in [1.29, 1.82) is 0 Å². The SMILES string of the molecule is CCc1ccc2c(C[n+]3ccc(C(=O)c4ccccc4)cc3)cc(=O)oc2c1. The van der Waals surface area contributed by atoms with Crippen molar-refractivity contribution in [3.05, 3.63) is 112 Å². The van der Waals surface area contributed by atoms with E-state index < -0.39 is 0 Å². The zero-order valence-corrected chi connectivity index (χ0v) is 15.6. The molecule has 2 aromatic heterocycles. The largest absolute Gasteiger partial charge is 0.423 e. The number of rotatable bonds is 5. The van der Waals surface area contributed by atoms with Crippen LogP contribution >= 0.6 is 0 Å². The Hall–Kier alpha value is -3.53. The van der Waals surface area contributed by atoms with E-state index >= 15 is 0 Å². The highest BCUT2D eigenvalue weighted by atomic mass is 16.4. The summed E-state index contributed by atoms with van der Waals surface area (Å²) >= 11 is 0. The van der Waals surface area contributed by atoms with E-state index in [4.69, 9.17) is 4.42 Å². The fourth-order valence-corrected chi connectivity index (χ4v) is 3.29. The summed E-state index contributed by atoms with van der Waals surface area (Å²) in [7, 11) is 0. The number of fused-ring (bicyclic) bond motifs is 1. The third kappa shape index (κ3) is 3.62. The van der Waals surface area contributed by atoms with Gasteiger partial charge in [0, 0.05) is 40.3 Å². The lowest BCUT2D eigenvalue weighted by Gasteiger charge is -2.05. The normalized spacial score (nSPS) is 10.9. The molecule has 0 radical (unpaired) electrons. The quantitative estimate of drug-likeness (QED) is 0.304. The van der Waals surface area contributed by atoms with Gasteiger partial charge in [-0.2, -0.15) is 0 Å². The van der Waals surface area contributed by atoms with Crippen LogP contribution in [0.2, 0.25) is 0 Å². The minimum atomic E-state index is -0.354. The van der Waals surface area contributed by atoms with Gasteiger partial charge in [0.25, 0.3) is 0 Å². The summed E-state index contributed by atoms with van der Waals surface area (Å²) in [6.07, 6.45) is 4.60. The van der Waals surface area contributed by atoms with Crippen LogP contribution in [-0.2, 0) is 13.0 Å². The topological polar surface area (TPSA) is 51.2 Å². The molecule has 0 unspecified atom stereocenters. The highest BCUT2D eigenvalue weighted by Gasteiger charge is 2.13. The summed E-state index contributed by atoms with van der Waals surface area (Å²) in [4.78, 5) is 24.5. The number of carbonyl (C=O) groups excluding carboxylic acids is 1. The van der Waals surface area contributed by atoms with Gasteiger partial charge in [0.2, 0.25) is 0 Å². The van der Waals surface area contributed by atoms with E-state index in [0.717, 1.165) is 22.9 Å². The van der Waals surface area contributed by atoms with Gasteiger partial charge >= 0.3 is 5.63 Å². The molecule has 0 aliphatic rings. The number of benzene rings is 2. The molecule has 0 amide bonds. The van der Waals surface area contributed by atoms with Crippen molar-refractivity contribution in [3.8, 4) is 0 Å². The van der Waals surface area contributed by atoms with E-state index in [2.05, 4.69) is 13.0 Å². The van der Waals surface area contributed by atoms with Gasteiger partial charge < -0.3 is 4.42 Å². The van der Waals surface area contributed by atoms with E-state index in [-0.39, 0.29) is 11.4 Å². The van der Waals surface area contributed by atoms with E-state index in [1.165, 1.54) is 6.07 Å². The first kappa shape index (κ1) is 17.9. The summed E-state index contributed by atoms with van der Waals surface area (Å²) in [6.45, 7) is 2.59. The second-order valence-corrected chi connectivity index (χ2v) is 6.73. The van der Waals surface area contributed by atoms with Crippen molar-refractivity contribution in [2.24, 2.45) is 0 Å². The van der Waals surface area contributed by atoms with E-state index in [1.54, 1.807) is 12.1 Å². The zero-order chi connectivity index (χ0) is 19.5. The molecule has 0 spiro atoms. The number of hydrogen-bond donors (Lipinski definition) is 0. The second-order valence-electron chi connectivity index (χ2n) is 6.73. The number of aryl methyl sites for hydroxylation is 1. The van der Waals surface area contributed by atoms with Gasteiger partial charge in [0.1, 0.15) is 5.58 Å². The van der Waals surface area contributed by atoms with Gasteiger partial charge in [-0.05, 0) is 18.1 Å². The van der Waals surface area contributed by atoms with Crippen molar-refractivity contribution >= 4 is 16.8 Å². The summed E-state index contributed by atoms with van der Waals surface area (Å²) in [5.41, 5.74) is 3.57. The molecule has 0 atom stereocenters. The van der Waals surface area contributed by atoms with Crippen molar-refractivity contribution in [2.75, 3.05) is 0 Å². The summed E-state index contributed by atoms with van der Waals surface area (Å²) < 4.78 is 7.32. The van der Waals surface area contributed by atoms with Crippen LogP contribution in [0.4, 0.5) is 0 Å². The number of aromatic nitrogens is 1. The third-order valence-electron chi connectivity index (χ3n) is 4.85. The Morgan fingerprint density at radius 1 is 0.929 bits per heavy atom. The summed E-state index contributed by atoms with van der Waals surface area (Å²) in [5.74, 6) is -0.00866. The summed E-state index contributed by atoms with van der Waals surface area (Å²) in [5, 5.41) is 0.925. The van der Waals surface area contributed by atoms with Crippen LogP contribution in [0.25, 0.3) is 11.0 Å². The standard InChI is InChI=1S/C24H20NO3/c1-2-17-8-9-21-20(15-23(26)28-22(21)14-17)16-25-12-10-19(11-13-25)24(27)18-6-4-3-5-7-18/h3-15H,2,16H2,1H3/q+1. The molecule has 0 aliphatic heterocycles. The molecule has 2 aromatic carbocycles. The molecule has 0 aliphatic carbocycles. The predicted octanol–water partition coefficient (Wildman–Crippen LogP) is 3.92. The molecule has 0 N–H and O–H groups in total. The zero-order valence-electron chi connectivity index (χ0n) is 15.6. The van der Waals surface area contributed by atoms with Crippen LogP contribution in [0.1, 0.15) is 34.0 Å². The first-order valence-electron chi connectivity index (χ1n) is 9.28. The molecule has 28 heavy (non-hydrogen) atoms. The number of nitrogens with zero attached hydrogens (tertiary/aromatic N) is 1. The number of carbonyl (C=O) groups is 1. The Bertz CT molecular complexity index is 1190. The minimum Gasteiger partial charge on any atom is -0.423 e. The average Bonchev–Trinajstić information content (AvgIpc) is 2.74. The lowest BCUT2D eigenvalue weighted by atomic mass is 10.0. The highest BCUT2D eigenvalue weighted by molar-refractivity contribution is 6.08. The molecule has 4 heteroatoms. The molecule has 0 fully saturated rings. The fourth-order valence-electron chi connectivity index (χ4n) is 3.29. The Balaban J connectivity index is 1.63. The number of hydrogen-bond acceptors (Lipinski definition) is 3. The Labute approximate surface area is 162 Å². The molecule has 0 bridgehead atoms. The van der Waals surface area contributed by atoms with E-state index in [9.17, 15) is 9.59 Å².